The quantitative estimate of drug-likeness (QED) is 0.642. The van der Waals surface area contributed by atoms with Gasteiger partial charge in [0.05, 0.1) is 16.4 Å². The molecule has 0 aliphatic rings. The first kappa shape index (κ1) is 13.8. The second kappa shape index (κ2) is 6.50. The van der Waals surface area contributed by atoms with Crippen molar-refractivity contribution in [3.8, 4) is 0 Å². The Labute approximate surface area is 121 Å². The van der Waals surface area contributed by atoms with Crippen molar-refractivity contribution in [2.45, 2.75) is 6.42 Å². The van der Waals surface area contributed by atoms with Crippen LogP contribution in [-0.4, -0.2) is 22.8 Å². The van der Waals surface area contributed by atoms with Gasteiger partial charge in [-0.2, -0.15) is 0 Å². The number of hydrogen-bond acceptors (Lipinski definition) is 4. The highest BCUT2D eigenvalue weighted by atomic mass is 35.5. The van der Waals surface area contributed by atoms with Crippen LogP contribution >= 0.6 is 23.2 Å². The molecule has 1 heterocycles. The van der Waals surface area contributed by atoms with Gasteiger partial charge in [0.15, 0.2) is 0 Å². The molecule has 0 unspecified atom stereocenters. The van der Waals surface area contributed by atoms with Crippen LogP contribution in [0.2, 0.25) is 10.0 Å². The predicted molar refractivity (Wildman–Crippen MR) is 75.7 cm³/mol. The van der Waals surface area contributed by atoms with E-state index in [1.54, 1.807) is 36.8 Å². The van der Waals surface area contributed by atoms with E-state index in [2.05, 4.69) is 15.1 Å². The molecule has 1 aromatic heterocycles. The maximum atomic E-state index is 6.17. The molecule has 2 rings (SSSR count). The van der Waals surface area contributed by atoms with E-state index in [0.29, 0.717) is 22.2 Å². The molecule has 1 aromatic carbocycles. The molecule has 0 amide bonds. The lowest BCUT2D eigenvalue weighted by atomic mass is 10.1. The number of benzene rings is 1. The van der Waals surface area contributed by atoms with Gasteiger partial charge in [0.2, 0.25) is 0 Å². The van der Waals surface area contributed by atoms with Crippen molar-refractivity contribution < 1.29 is 4.84 Å². The molecule has 98 valence electrons. The minimum atomic E-state index is 0.475. The molecule has 2 aromatic rings. The second-order valence-corrected chi connectivity index (χ2v) is 4.56. The molecule has 0 atom stereocenters. The summed E-state index contributed by atoms with van der Waals surface area (Å²) in [7, 11) is 1.49. The predicted octanol–water partition coefficient (Wildman–Crippen LogP) is 3.38. The Hall–Kier alpha value is -1.65. The maximum Gasteiger partial charge on any atom is 0.106 e. The molecule has 0 saturated carbocycles. The van der Waals surface area contributed by atoms with Crippen molar-refractivity contribution in [3.05, 3.63) is 58.1 Å². The second-order valence-electron chi connectivity index (χ2n) is 3.72. The molecule has 0 aliphatic carbocycles. The summed E-state index contributed by atoms with van der Waals surface area (Å²) in [6.45, 7) is 0. The highest BCUT2D eigenvalue weighted by molar-refractivity contribution is 6.37. The zero-order valence-corrected chi connectivity index (χ0v) is 11.7. The Bertz CT molecular complexity index is 588. The van der Waals surface area contributed by atoms with E-state index in [0.717, 1.165) is 11.3 Å². The summed E-state index contributed by atoms with van der Waals surface area (Å²) in [4.78, 5) is 13.1. The van der Waals surface area contributed by atoms with Crippen LogP contribution in [0.25, 0.3) is 0 Å². The lowest BCUT2D eigenvalue weighted by Crippen LogP contribution is -2.08. The van der Waals surface area contributed by atoms with E-state index in [4.69, 9.17) is 28.0 Å². The largest absolute Gasteiger partial charge is 0.399 e. The third-order valence-electron chi connectivity index (χ3n) is 2.41. The Morgan fingerprint density at radius 1 is 1.32 bits per heavy atom. The fourth-order valence-electron chi connectivity index (χ4n) is 1.60. The van der Waals surface area contributed by atoms with Crippen LogP contribution in [0.3, 0.4) is 0 Å². The van der Waals surface area contributed by atoms with Crippen LogP contribution in [-0.2, 0) is 11.3 Å². The van der Waals surface area contributed by atoms with E-state index >= 15 is 0 Å². The average molecular weight is 296 g/mol. The normalized spacial score (nSPS) is 11.4. The number of halogens is 2. The van der Waals surface area contributed by atoms with E-state index in [-0.39, 0.29) is 0 Å². The summed E-state index contributed by atoms with van der Waals surface area (Å²) < 4.78 is 0. The van der Waals surface area contributed by atoms with Crippen molar-refractivity contribution in [3.63, 3.8) is 0 Å². The van der Waals surface area contributed by atoms with Gasteiger partial charge in [-0.05, 0) is 12.1 Å². The van der Waals surface area contributed by atoms with Crippen LogP contribution in [0.15, 0.2) is 41.9 Å². The third-order valence-corrected chi connectivity index (χ3v) is 2.96. The Morgan fingerprint density at radius 3 is 2.79 bits per heavy atom. The van der Waals surface area contributed by atoms with Gasteiger partial charge in [0.25, 0.3) is 0 Å². The van der Waals surface area contributed by atoms with Crippen LogP contribution in [0.4, 0.5) is 0 Å². The zero-order chi connectivity index (χ0) is 13.7. The number of rotatable bonds is 4. The van der Waals surface area contributed by atoms with Crippen molar-refractivity contribution in [2.24, 2.45) is 5.16 Å². The molecular weight excluding hydrogens is 285 g/mol. The standard InChI is InChI=1S/C13H11Cl2N3O/c1-19-18-13(7-10-8-16-4-5-17-10)11-3-2-9(14)6-12(11)15/h2-6,8H,7H2,1H3. The zero-order valence-electron chi connectivity index (χ0n) is 10.2. The van der Waals surface area contributed by atoms with Crippen LogP contribution in [0.1, 0.15) is 11.3 Å². The smallest absolute Gasteiger partial charge is 0.106 e. The van der Waals surface area contributed by atoms with E-state index in [9.17, 15) is 0 Å². The molecule has 19 heavy (non-hydrogen) atoms. The summed E-state index contributed by atoms with van der Waals surface area (Å²) in [6.07, 6.45) is 5.40. The minimum absolute atomic E-state index is 0.475. The molecule has 0 bridgehead atoms. The molecule has 0 aliphatic heterocycles. The molecule has 0 spiro atoms. The number of aromatic nitrogens is 2. The lowest BCUT2D eigenvalue weighted by molar-refractivity contribution is 0.213. The van der Waals surface area contributed by atoms with Gasteiger partial charge in [-0.3, -0.25) is 9.97 Å². The average Bonchev–Trinajstić information content (AvgIpc) is 2.39. The van der Waals surface area contributed by atoms with Gasteiger partial charge >= 0.3 is 0 Å². The Balaban J connectivity index is 2.33. The molecule has 0 radical (unpaired) electrons. The maximum absolute atomic E-state index is 6.17. The molecule has 4 nitrogen and oxygen atoms in total. The van der Waals surface area contributed by atoms with Gasteiger partial charge in [0.1, 0.15) is 7.11 Å². The Kier molecular flexibility index (Phi) is 4.71. The summed E-state index contributed by atoms with van der Waals surface area (Å²) in [5.41, 5.74) is 2.22. The van der Waals surface area contributed by atoms with Crippen LogP contribution in [0.5, 0.6) is 0 Å². The van der Waals surface area contributed by atoms with Crippen LogP contribution < -0.4 is 0 Å². The fraction of sp³-hybridized carbons (Fsp3) is 0.154. The lowest BCUT2D eigenvalue weighted by Gasteiger charge is -2.07. The summed E-state index contributed by atoms with van der Waals surface area (Å²) in [5.74, 6) is 0. The number of nitrogens with zero attached hydrogens (tertiary/aromatic N) is 3. The first-order valence-corrected chi connectivity index (χ1v) is 6.26. The molecule has 0 saturated heterocycles. The molecular formula is C13H11Cl2N3O. The highest BCUT2D eigenvalue weighted by Gasteiger charge is 2.11. The molecule has 0 fully saturated rings. The van der Waals surface area contributed by atoms with Crippen molar-refractivity contribution in [2.75, 3.05) is 7.11 Å². The number of oxime groups is 1. The van der Waals surface area contributed by atoms with Gasteiger partial charge in [-0.15, -0.1) is 0 Å². The van der Waals surface area contributed by atoms with Crippen molar-refractivity contribution in [1.82, 2.24) is 9.97 Å². The summed E-state index contributed by atoms with van der Waals surface area (Å²) in [5, 5.41) is 5.10. The SMILES string of the molecule is CON=C(Cc1cnccn1)c1ccc(Cl)cc1Cl. The highest BCUT2D eigenvalue weighted by Crippen LogP contribution is 2.22. The number of hydrogen-bond donors (Lipinski definition) is 0. The van der Waals surface area contributed by atoms with Crippen LogP contribution in [0, 0.1) is 0 Å². The first-order chi connectivity index (χ1) is 9.20. The first-order valence-electron chi connectivity index (χ1n) is 5.51. The van der Waals surface area contributed by atoms with Gasteiger partial charge in [-0.25, -0.2) is 0 Å². The van der Waals surface area contributed by atoms with Crippen molar-refractivity contribution >= 4 is 28.9 Å². The summed E-state index contributed by atoms with van der Waals surface area (Å²) in [6, 6.07) is 5.23. The van der Waals surface area contributed by atoms with Gasteiger partial charge < -0.3 is 4.84 Å². The Morgan fingerprint density at radius 2 is 2.16 bits per heavy atom. The van der Waals surface area contributed by atoms with Crippen molar-refractivity contribution in [1.29, 1.82) is 0 Å². The van der Waals surface area contributed by atoms with Gasteiger partial charge in [0, 0.05) is 35.6 Å². The third kappa shape index (κ3) is 3.66. The monoisotopic (exact) mass is 295 g/mol. The topological polar surface area (TPSA) is 47.4 Å². The molecule has 0 N–H and O–H groups in total. The van der Waals surface area contributed by atoms with E-state index in [1.807, 2.05) is 0 Å². The minimum Gasteiger partial charge on any atom is -0.399 e. The fourth-order valence-corrected chi connectivity index (χ4v) is 2.12. The summed E-state index contributed by atoms with van der Waals surface area (Å²) >= 11 is 12.1. The molecule has 6 heteroatoms. The van der Waals surface area contributed by atoms with E-state index in [1.165, 1.54) is 7.11 Å². The van der Waals surface area contributed by atoms with E-state index < -0.39 is 0 Å². The van der Waals surface area contributed by atoms with Gasteiger partial charge in [-0.1, -0.05) is 34.4 Å².